The molecule has 2 N–H and O–H groups in total. The van der Waals surface area contributed by atoms with Gasteiger partial charge in [-0.25, -0.2) is 0 Å². The number of hydrogen-bond acceptors (Lipinski definition) is 3. The maximum absolute atomic E-state index is 12.8. The van der Waals surface area contributed by atoms with Gasteiger partial charge in [0.15, 0.2) is 0 Å². The van der Waals surface area contributed by atoms with Gasteiger partial charge in [-0.2, -0.15) is 0 Å². The van der Waals surface area contributed by atoms with Crippen LogP contribution in [-0.2, 0) is 12.8 Å². The maximum atomic E-state index is 12.8. The zero-order chi connectivity index (χ0) is 20.3. The fourth-order valence-corrected chi connectivity index (χ4v) is 4.44. The molecule has 0 unspecified atom stereocenters. The molecule has 0 bridgehead atoms. The van der Waals surface area contributed by atoms with Crippen molar-refractivity contribution < 1.29 is 4.79 Å². The minimum absolute atomic E-state index is 0.0810. The molecular formula is C26H27N3O. The Balaban J connectivity index is 1.33. The Labute approximate surface area is 177 Å². The van der Waals surface area contributed by atoms with Crippen LogP contribution in [0, 0.1) is 0 Å². The first-order chi connectivity index (χ1) is 14.8. The molecule has 0 aliphatic heterocycles. The Morgan fingerprint density at radius 1 is 0.933 bits per heavy atom. The second-order valence-corrected chi connectivity index (χ2v) is 8.31. The average molecular weight is 398 g/mol. The van der Waals surface area contributed by atoms with E-state index in [1.165, 1.54) is 48.1 Å². The highest BCUT2D eigenvalue weighted by Crippen LogP contribution is 2.32. The Morgan fingerprint density at radius 2 is 1.80 bits per heavy atom. The number of nitrogens with one attached hydrogen (secondary N) is 2. The Kier molecular flexibility index (Phi) is 5.22. The van der Waals surface area contributed by atoms with Crippen molar-refractivity contribution in [1.29, 1.82) is 0 Å². The van der Waals surface area contributed by atoms with Gasteiger partial charge in [0.25, 0.3) is 5.91 Å². The lowest BCUT2D eigenvalue weighted by atomic mass is 9.88. The molecule has 30 heavy (non-hydrogen) atoms. The predicted molar refractivity (Wildman–Crippen MR) is 122 cm³/mol. The average Bonchev–Trinajstić information content (AvgIpc) is 2.76. The number of allylic oxidation sites excluding steroid dienone is 1. The van der Waals surface area contributed by atoms with E-state index in [-0.39, 0.29) is 5.91 Å². The van der Waals surface area contributed by atoms with Crippen LogP contribution in [0.5, 0.6) is 0 Å². The lowest BCUT2D eigenvalue weighted by Crippen LogP contribution is -2.29. The molecule has 2 aliphatic carbocycles. The molecule has 0 radical (unpaired) electrons. The molecule has 0 saturated heterocycles. The molecule has 152 valence electrons. The highest BCUT2D eigenvalue weighted by atomic mass is 16.1. The number of carbonyl (C=O) groups excluding carboxylic acids is 1. The summed E-state index contributed by atoms with van der Waals surface area (Å²) in [6.45, 7) is 0.519. The SMILES string of the molecule is O=C(NCC(Nc1cccc2c1CCCC2)=C1CCC1)c1cnc2ccccc2c1. The van der Waals surface area contributed by atoms with Crippen molar-refractivity contribution in [2.45, 2.75) is 44.9 Å². The fraction of sp³-hybridized carbons (Fsp3) is 0.308. The molecule has 1 saturated carbocycles. The third-order valence-electron chi connectivity index (χ3n) is 6.34. The van der Waals surface area contributed by atoms with Crippen molar-refractivity contribution in [3.8, 4) is 0 Å². The summed E-state index contributed by atoms with van der Waals surface area (Å²) in [6, 6.07) is 16.4. The highest BCUT2D eigenvalue weighted by Gasteiger charge is 2.19. The van der Waals surface area contributed by atoms with Gasteiger partial charge in [0.1, 0.15) is 0 Å². The van der Waals surface area contributed by atoms with Crippen LogP contribution in [0.1, 0.15) is 53.6 Å². The van der Waals surface area contributed by atoms with Crippen LogP contribution in [0.25, 0.3) is 10.9 Å². The molecule has 4 heteroatoms. The Morgan fingerprint density at radius 3 is 2.67 bits per heavy atom. The Bertz CT molecular complexity index is 1130. The first kappa shape index (κ1) is 18.9. The number of rotatable bonds is 5. The van der Waals surface area contributed by atoms with Gasteiger partial charge < -0.3 is 10.6 Å². The van der Waals surface area contributed by atoms with Crippen molar-refractivity contribution in [2.75, 3.05) is 11.9 Å². The summed E-state index contributed by atoms with van der Waals surface area (Å²) < 4.78 is 0. The van der Waals surface area contributed by atoms with Gasteiger partial charge in [-0.15, -0.1) is 0 Å². The number of aromatic nitrogens is 1. The van der Waals surface area contributed by atoms with E-state index in [0.717, 1.165) is 35.9 Å². The number of aryl methyl sites for hydroxylation is 1. The molecule has 1 heterocycles. The monoisotopic (exact) mass is 397 g/mol. The van der Waals surface area contributed by atoms with Crippen LogP contribution in [0.2, 0.25) is 0 Å². The van der Waals surface area contributed by atoms with Crippen LogP contribution >= 0.6 is 0 Å². The van der Waals surface area contributed by atoms with Crippen LogP contribution in [-0.4, -0.2) is 17.4 Å². The molecule has 3 aromatic rings. The van der Waals surface area contributed by atoms with Gasteiger partial charge in [0.2, 0.25) is 0 Å². The quantitative estimate of drug-likeness (QED) is 0.607. The smallest absolute Gasteiger partial charge is 0.253 e. The van der Waals surface area contributed by atoms with E-state index in [9.17, 15) is 4.79 Å². The summed E-state index contributed by atoms with van der Waals surface area (Å²) in [6.07, 6.45) is 9.96. The zero-order valence-electron chi connectivity index (χ0n) is 17.2. The van der Waals surface area contributed by atoms with Gasteiger partial charge in [-0.3, -0.25) is 9.78 Å². The first-order valence-corrected chi connectivity index (χ1v) is 11.0. The van der Waals surface area contributed by atoms with Crippen LogP contribution in [0.3, 0.4) is 0 Å². The number of carbonyl (C=O) groups is 1. The van der Waals surface area contributed by atoms with E-state index in [2.05, 4.69) is 33.8 Å². The minimum atomic E-state index is -0.0810. The third-order valence-corrected chi connectivity index (χ3v) is 6.34. The minimum Gasteiger partial charge on any atom is -0.357 e. The van der Waals surface area contributed by atoms with Gasteiger partial charge in [-0.05, 0) is 79.8 Å². The number of para-hydroxylation sites is 1. The van der Waals surface area contributed by atoms with Gasteiger partial charge in [-0.1, -0.05) is 30.3 Å². The summed E-state index contributed by atoms with van der Waals surface area (Å²) in [5.74, 6) is -0.0810. The first-order valence-electron chi connectivity index (χ1n) is 11.0. The molecule has 2 aromatic carbocycles. The fourth-order valence-electron chi connectivity index (χ4n) is 4.44. The summed E-state index contributed by atoms with van der Waals surface area (Å²) in [7, 11) is 0. The van der Waals surface area contributed by atoms with Crippen molar-refractivity contribution in [3.63, 3.8) is 0 Å². The van der Waals surface area contributed by atoms with Crippen molar-refractivity contribution in [2.24, 2.45) is 0 Å². The van der Waals surface area contributed by atoms with Crippen LogP contribution in [0.4, 0.5) is 5.69 Å². The van der Waals surface area contributed by atoms with E-state index in [4.69, 9.17) is 0 Å². The lowest BCUT2D eigenvalue weighted by Gasteiger charge is -2.26. The largest absolute Gasteiger partial charge is 0.357 e. The van der Waals surface area contributed by atoms with Gasteiger partial charge in [0, 0.05) is 23.0 Å². The topological polar surface area (TPSA) is 54.0 Å². The second kappa shape index (κ2) is 8.31. The number of anilines is 1. The van der Waals surface area contributed by atoms with Gasteiger partial charge >= 0.3 is 0 Å². The summed E-state index contributed by atoms with van der Waals surface area (Å²) in [5, 5.41) is 7.79. The maximum Gasteiger partial charge on any atom is 0.253 e. The van der Waals surface area contributed by atoms with E-state index in [1.807, 2.05) is 30.3 Å². The van der Waals surface area contributed by atoms with Crippen molar-refractivity contribution in [3.05, 3.63) is 82.7 Å². The molecule has 1 aromatic heterocycles. The molecule has 0 spiro atoms. The second-order valence-electron chi connectivity index (χ2n) is 8.31. The van der Waals surface area contributed by atoms with Crippen LogP contribution < -0.4 is 10.6 Å². The number of fused-ring (bicyclic) bond motifs is 2. The van der Waals surface area contributed by atoms with E-state index in [1.54, 1.807) is 6.20 Å². The molecule has 1 fully saturated rings. The predicted octanol–water partition coefficient (Wildman–Crippen LogP) is 5.39. The number of nitrogens with zero attached hydrogens (tertiary/aromatic N) is 1. The van der Waals surface area contributed by atoms with Crippen LogP contribution in [0.15, 0.2) is 66.0 Å². The number of pyridine rings is 1. The third kappa shape index (κ3) is 3.82. The number of hydrogen-bond donors (Lipinski definition) is 2. The highest BCUT2D eigenvalue weighted by molar-refractivity contribution is 5.97. The summed E-state index contributed by atoms with van der Waals surface area (Å²) >= 11 is 0. The van der Waals surface area contributed by atoms with E-state index < -0.39 is 0 Å². The number of benzene rings is 2. The molecule has 4 nitrogen and oxygen atoms in total. The molecular weight excluding hydrogens is 370 g/mol. The van der Waals surface area contributed by atoms with Crippen molar-refractivity contribution >= 4 is 22.5 Å². The van der Waals surface area contributed by atoms with Crippen molar-refractivity contribution in [1.82, 2.24) is 10.3 Å². The summed E-state index contributed by atoms with van der Waals surface area (Å²) in [4.78, 5) is 17.2. The molecule has 1 amide bonds. The van der Waals surface area contributed by atoms with E-state index in [0.29, 0.717) is 12.1 Å². The Hall–Kier alpha value is -3.14. The van der Waals surface area contributed by atoms with E-state index >= 15 is 0 Å². The normalized spacial score (nSPS) is 15.3. The molecule has 2 aliphatic rings. The number of amides is 1. The molecule has 5 rings (SSSR count). The zero-order valence-corrected chi connectivity index (χ0v) is 17.2. The standard InChI is InChI=1S/C26H27N3O/c30-26(21-15-20-8-2-4-13-23(20)27-16-21)28-17-25(19-10-5-11-19)29-24-14-6-9-18-7-1-3-12-22(18)24/h2,4,6,8-9,13-16,29H,1,3,5,7,10-12,17H2,(H,28,30). The lowest BCUT2D eigenvalue weighted by molar-refractivity contribution is 0.0956. The molecule has 0 atom stereocenters. The summed E-state index contributed by atoms with van der Waals surface area (Å²) in [5.41, 5.74) is 8.22. The van der Waals surface area contributed by atoms with Gasteiger partial charge in [0.05, 0.1) is 17.6 Å².